The predicted octanol–water partition coefficient (Wildman–Crippen LogP) is 0.690. The summed E-state index contributed by atoms with van der Waals surface area (Å²) in [5, 5.41) is 6.26. The van der Waals surface area contributed by atoms with Crippen LogP contribution in [0.1, 0.15) is 23.6 Å². The number of methoxy groups -OCH3 is 1. The fourth-order valence-electron chi connectivity index (χ4n) is 4.88. The average molecular weight is 357 g/mol. The van der Waals surface area contributed by atoms with Gasteiger partial charge < -0.3 is 10.1 Å². The number of fused-ring (bicyclic) bond motifs is 4. The zero-order valence-electron chi connectivity index (χ0n) is 15.4. The number of amides is 3. The van der Waals surface area contributed by atoms with Crippen LogP contribution >= 0.6 is 0 Å². The summed E-state index contributed by atoms with van der Waals surface area (Å²) in [6, 6.07) is 3.67. The van der Waals surface area contributed by atoms with Crippen molar-refractivity contribution in [1.82, 2.24) is 10.2 Å². The van der Waals surface area contributed by atoms with Crippen LogP contribution in [0.2, 0.25) is 0 Å². The first-order chi connectivity index (χ1) is 12.3. The number of rotatable bonds is 3. The molecule has 0 aromatic heterocycles. The number of ether oxygens (including phenoxy) is 1. The summed E-state index contributed by atoms with van der Waals surface area (Å²) in [5.74, 6) is -2.05. The number of nitrogens with zero attached hydrogens (tertiary/aromatic N) is 1. The molecule has 7 heteroatoms. The molecule has 0 radical (unpaired) electrons. The maximum Gasteiger partial charge on any atom is 0.250 e. The molecule has 1 aromatic carbocycles. The summed E-state index contributed by atoms with van der Waals surface area (Å²) in [7, 11) is 1.53. The van der Waals surface area contributed by atoms with Gasteiger partial charge in [0.1, 0.15) is 5.54 Å². The van der Waals surface area contributed by atoms with Crippen molar-refractivity contribution in [2.24, 2.45) is 11.8 Å². The minimum absolute atomic E-state index is 0.214. The Hall–Kier alpha value is -2.25. The normalized spacial score (nSPS) is 32.4. The van der Waals surface area contributed by atoms with Crippen LogP contribution in [0.25, 0.3) is 0 Å². The molecule has 2 unspecified atom stereocenters. The van der Waals surface area contributed by atoms with Crippen LogP contribution in [0.5, 0.6) is 0 Å². The van der Waals surface area contributed by atoms with Gasteiger partial charge in [-0.2, -0.15) is 0 Å². The number of aryl methyl sites for hydroxylation is 2. The van der Waals surface area contributed by atoms with E-state index in [1.165, 1.54) is 12.0 Å². The van der Waals surface area contributed by atoms with E-state index in [0.717, 1.165) is 22.4 Å². The van der Waals surface area contributed by atoms with E-state index in [0.29, 0.717) is 0 Å². The van der Waals surface area contributed by atoms with E-state index in [1.54, 1.807) is 0 Å². The predicted molar refractivity (Wildman–Crippen MR) is 94.4 cm³/mol. The molecule has 2 fully saturated rings. The fourth-order valence-corrected chi connectivity index (χ4v) is 4.88. The molecule has 7 nitrogen and oxygen atoms in total. The van der Waals surface area contributed by atoms with Gasteiger partial charge >= 0.3 is 0 Å². The Morgan fingerprint density at radius 2 is 1.92 bits per heavy atom. The number of anilines is 1. The van der Waals surface area contributed by atoms with Crippen LogP contribution in [0.15, 0.2) is 12.1 Å². The highest BCUT2D eigenvalue weighted by Crippen LogP contribution is 2.53. The van der Waals surface area contributed by atoms with Gasteiger partial charge in [0.05, 0.1) is 25.0 Å². The Balaban J connectivity index is 1.86. The van der Waals surface area contributed by atoms with Crippen LogP contribution in [-0.4, -0.2) is 48.9 Å². The molecule has 1 aromatic rings. The molecule has 0 aliphatic carbocycles. The molecule has 26 heavy (non-hydrogen) atoms. The molecule has 3 aliphatic heterocycles. The van der Waals surface area contributed by atoms with Crippen LogP contribution in [0.3, 0.4) is 0 Å². The van der Waals surface area contributed by atoms with Crippen molar-refractivity contribution in [3.05, 3.63) is 28.8 Å². The number of likely N-dealkylation sites (tertiary alicyclic amines) is 1. The minimum Gasteiger partial charge on any atom is -0.383 e. The van der Waals surface area contributed by atoms with Crippen molar-refractivity contribution in [1.29, 1.82) is 0 Å². The third-order valence-electron chi connectivity index (χ3n) is 5.92. The second kappa shape index (κ2) is 5.62. The first-order valence-electron chi connectivity index (χ1n) is 8.88. The Kier molecular flexibility index (Phi) is 3.71. The maximum absolute atomic E-state index is 13.2. The second-order valence-corrected chi connectivity index (χ2v) is 7.52. The summed E-state index contributed by atoms with van der Waals surface area (Å²) in [6.07, 6.45) is 0. The largest absolute Gasteiger partial charge is 0.383 e. The van der Waals surface area contributed by atoms with Gasteiger partial charge in [0.25, 0.3) is 0 Å². The number of hydrogen-bond donors (Lipinski definition) is 2. The lowest BCUT2D eigenvalue weighted by molar-refractivity contribution is -0.143. The van der Waals surface area contributed by atoms with Gasteiger partial charge in [0, 0.05) is 24.4 Å². The highest BCUT2D eigenvalue weighted by Gasteiger charge is 2.69. The molecule has 138 valence electrons. The van der Waals surface area contributed by atoms with Crippen molar-refractivity contribution >= 4 is 23.4 Å². The van der Waals surface area contributed by atoms with Crippen LogP contribution in [0, 0.1) is 25.7 Å². The smallest absolute Gasteiger partial charge is 0.250 e. The zero-order valence-corrected chi connectivity index (χ0v) is 15.4. The van der Waals surface area contributed by atoms with E-state index in [-0.39, 0.29) is 36.9 Å². The number of hydrogen-bond acceptors (Lipinski definition) is 5. The third-order valence-corrected chi connectivity index (χ3v) is 5.92. The summed E-state index contributed by atoms with van der Waals surface area (Å²) >= 11 is 0. The lowest BCUT2D eigenvalue weighted by atomic mass is 9.76. The SMILES string of the molecule is COCCN1C(=O)[C@H]2C(C)NC3(C(=O)Nc4c(C)cc(C)cc43)[C@H]2C1=O. The lowest BCUT2D eigenvalue weighted by Gasteiger charge is -2.29. The van der Waals surface area contributed by atoms with Gasteiger partial charge in [0.15, 0.2) is 0 Å². The van der Waals surface area contributed by atoms with Crippen LogP contribution in [-0.2, 0) is 24.7 Å². The quantitative estimate of drug-likeness (QED) is 0.777. The molecule has 1 spiro atoms. The Morgan fingerprint density at radius 1 is 1.19 bits per heavy atom. The van der Waals surface area contributed by atoms with E-state index < -0.39 is 17.4 Å². The van der Waals surface area contributed by atoms with Gasteiger partial charge in [0.2, 0.25) is 17.7 Å². The molecule has 3 aliphatic rings. The molecule has 0 bridgehead atoms. The van der Waals surface area contributed by atoms with Gasteiger partial charge in [-0.05, 0) is 26.3 Å². The number of carbonyl (C=O) groups excluding carboxylic acids is 3. The van der Waals surface area contributed by atoms with E-state index in [9.17, 15) is 14.4 Å². The van der Waals surface area contributed by atoms with E-state index in [4.69, 9.17) is 4.74 Å². The molecule has 3 heterocycles. The molecular weight excluding hydrogens is 334 g/mol. The summed E-state index contributed by atoms with van der Waals surface area (Å²) in [4.78, 5) is 40.4. The first-order valence-corrected chi connectivity index (χ1v) is 8.88. The van der Waals surface area contributed by atoms with E-state index in [1.807, 2.05) is 32.9 Å². The lowest BCUT2D eigenvalue weighted by Crippen LogP contribution is -2.53. The molecule has 2 saturated heterocycles. The molecule has 4 rings (SSSR count). The first kappa shape index (κ1) is 17.2. The number of carbonyl (C=O) groups is 3. The van der Waals surface area contributed by atoms with E-state index in [2.05, 4.69) is 10.6 Å². The highest BCUT2D eigenvalue weighted by molar-refractivity contribution is 6.15. The number of benzene rings is 1. The number of nitrogens with one attached hydrogen (secondary N) is 2. The average Bonchev–Trinajstić information content (AvgIpc) is 3.13. The summed E-state index contributed by atoms with van der Waals surface area (Å²) in [5.41, 5.74) is 2.30. The van der Waals surface area contributed by atoms with Crippen molar-refractivity contribution in [2.75, 3.05) is 25.6 Å². The molecule has 0 saturated carbocycles. The minimum atomic E-state index is -1.19. The Bertz CT molecular complexity index is 836. The topological polar surface area (TPSA) is 87.7 Å². The van der Waals surface area contributed by atoms with Crippen molar-refractivity contribution in [3.63, 3.8) is 0 Å². The molecular formula is C19H23N3O4. The molecule has 2 N–H and O–H groups in total. The van der Waals surface area contributed by atoms with Crippen LogP contribution < -0.4 is 10.6 Å². The zero-order chi connectivity index (χ0) is 18.8. The Morgan fingerprint density at radius 3 is 2.62 bits per heavy atom. The number of imide groups is 1. The standard InChI is InChI=1S/C19H23N3O4/c1-9-7-10(2)15-12(8-9)19(18(25)20-15)14-13(11(3)21-19)16(23)22(17(14)24)5-6-26-4/h7-8,11,13-14,21H,5-6H2,1-4H3,(H,20,25)/t11?,13-,14+,19?/m0/s1. The second-order valence-electron chi connectivity index (χ2n) is 7.52. The monoisotopic (exact) mass is 357 g/mol. The van der Waals surface area contributed by atoms with Gasteiger partial charge in [-0.3, -0.25) is 24.6 Å². The summed E-state index contributed by atoms with van der Waals surface area (Å²) in [6.45, 7) is 6.27. The van der Waals surface area contributed by atoms with Gasteiger partial charge in [-0.25, -0.2) is 0 Å². The van der Waals surface area contributed by atoms with Crippen LogP contribution in [0.4, 0.5) is 5.69 Å². The van der Waals surface area contributed by atoms with Crippen molar-refractivity contribution in [2.45, 2.75) is 32.4 Å². The molecule has 3 amide bonds. The third kappa shape index (κ3) is 1.98. The summed E-state index contributed by atoms with van der Waals surface area (Å²) < 4.78 is 5.03. The van der Waals surface area contributed by atoms with E-state index >= 15 is 0 Å². The molecule has 4 atom stereocenters. The van der Waals surface area contributed by atoms with Crippen molar-refractivity contribution < 1.29 is 19.1 Å². The maximum atomic E-state index is 13.2. The highest BCUT2D eigenvalue weighted by atomic mass is 16.5. The van der Waals surface area contributed by atoms with Gasteiger partial charge in [-0.15, -0.1) is 0 Å². The van der Waals surface area contributed by atoms with Crippen molar-refractivity contribution in [3.8, 4) is 0 Å². The fraction of sp³-hybridized carbons (Fsp3) is 0.526. The Labute approximate surface area is 152 Å². The van der Waals surface area contributed by atoms with Gasteiger partial charge in [-0.1, -0.05) is 17.7 Å².